The highest BCUT2D eigenvalue weighted by Crippen LogP contribution is 2.01. The SMILES string of the molecule is COCCCc1noc(COCC(=O)O)n1. The molecule has 0 aliphatic carbocycles. The van der Waals surface area contributed by atoms with Crippen LogP contribution in [0, 0.1) is 0 Å². The second-order valence-corrected chi connectivity index (χ2v) is 3.09. The van der Waals surface area contributed by atoms with Gasteiger partial charge in [0.15, 0.2) is 5.82 Å². The van der Waals surface area contributed by atoms with Crippen LogP contribution < -0.4 is 0 Å². The maximum absolute atomic E-state index is 10.2. The van der Waals surface area contributed by atoms with Crippen molar-refractivity contribution in [2.45, 2.75) is 19.4 Å². The minimum atomic E-state index is -1.03. The first-order valence-corrected chi connectivity index (χ1v) is 4.82. The van der Waals surface area contributed by atoms with Crippen molar-refractivity contribution in [2.75, 3.05) is 20.3 Å². The molecule has 1 rings (SSSR count). The third-order valence-corrected chi connectivity index (χ3v) is 1.71. The number of ether oxygens (including phenoxy) is 2. The van der Waals surface area contributed by atoms with Crippen LogP contribution in [0.25, 0.3) is 0 Å². The van der Waals surface area contributed by atoms with Crippen molar-refractivity contribution in [3.63, 3.8) is 0 Å². The van der Waals surface area contributed by atoms with Gasteiger partial charge in [-0.15, -0.1) is 0 Å². The Hall–Kier alpha value is -1.47. The van der Waals surface area contributed by atoms with Gasteiger partial charge in [-0.25, -0.2) is 4.79 Å². The van der Waals surface area contributed by atoms with Crippen LogP contribution in [0.1, 0.15) is 18.1 Å². The number of aryl methyl sites for hydroxylation is 1. The van der Waals surface area contributed by atoms with E-state index in [9.17, 15) is 4.79 Å². The second-order valence-electron chi connectivity index (χ2n) is 3.09. The number of carboxylic acid groups (broad SMARTS) is 1. The molecule has 7 nitrogen and oxygen atoms in total. The Bertz CT molecular complexity index is 325. The molecule has 0 aliphatic rings. The van der Waals surface area contributed by atoms with Crippen molar-refractivity contribution in [2.24, 2.45) is 0 Å². The highest BCUT2D eigenvalue weighted by molar-refractivity contribution is 5.67. The molecule has 0 saturated carbocycles. The monoisotopic (exact) mass is 230 g/mol. The predicted molar refractivity (Wildman–Crippen MR) is 51.8 cm³/mol. The van der Waals surface area contributed by atoms with Crippen LogP contribution >= 0.6 is 0 Å². The molecule has 0 aliphatic heterocycles. The molecule has 0 atom stereocenters. The Kier molecular flexibility index (Phi) is 5.44. The van der Waals surface area contributed by atoms with Gasteiger partial charge in [0, 0.05) is 20.1 Å². The van der Waals surface area contributed by atoms with Gasteiger partial charge in [0.05, 0.1) is 0 Å². The lowest BCUT2D eigenvalue weighted by Crippen LogP contribution is -2.06. The molecular formula is C9H14N2O5. The van der Waals surface area contributed by atoms with E-state index < -0.39 is 5.97 Å². The average Bonchev–Trinajstić information content (AvgIpc) is 2.66. The Balaban J connectivity index is 2.25. The largest absolute Gasteiger partial charge is 0.480 e. The average molecular weight is 230 g/mol. The van der Waals surface area contributed by atoms with Crippen LogP contribution in [-0.2, 0) is 27.3 Å². The number of hydrogen-bond donors (Lipinski definition) is 1. The van der Waals surface area contributed by atoms with Crippen molar-refractivity contribution < 1.29 is 23.9 Å². The fraction of sp³-hybridized carbons (Fsp3) is 0.667. The van der Waals surface area contributed by atoms with Gasteiger partial charge in [-0.1, -0.05) is 5.16 Å². The van der Waals surface area contributed by atoms with Crippen molar-refractivity contribution in [1.82, 2.24) is 10.1 Å². The molecule has 16 heavy (non-hydrogen) atoms. The summed E-state index contributed by atoms with van der Waals surface area (Å²) in [6, 6.07) is 0. The summed E-state index contributed by atoms with van der Waals surface area (Å²) >= 11 is 0. The van der Waals surface area contributed by atoms with Gasteiger partial charge in [-0.2, -0.15) is 4.98 Å². The molecule has 0 spiro atoms. The molecule has 1 aromatic heterocycles. The fourth-order valence-electron chi connectivity index (χ4n) is 1.05. The zero-order chi connectivity index (χ0) is 11.8. The highest BCUT2D eigenvalue weighted by Gasteiger charge is 2.06. The lowest BCUT2D eigenvalue weighted by molar-refractivity contribution is -0.142. The van der Waals surface area contributed by atoms with E-state index in [1.807, 2.05) is 0 Å². The van der Waals surface area contributed by atoms with Crippen LogP contribution in [0.5, 0.6) is 0 Å². The Morgan fingerprint density at radius 3 is 3.06 bits per heavy atom. The zero-order valence-electron chi connectivity index (χ0n) is 9.01. The maximum atomic E-state index is 10.2. The molecule has 1 heterocycles. The number of rotatable bonds is 8. The molecule has 0 saturated heterocycles. The first kappa shape index (κ1) is 12.6. The number of carboxylic acids is 1. The quantitative estimate of drug-likeness (QED) is 0.639. The number of carbonyl (C=O) groups is 1. The lowest BCUT2D eigenvalue weighted by atomic mass is 10.3. The normalized spacial score (nSPS) is 10.6. The summed E-state index contributed by atoms with van der Waals surface area (Å²) in [4.78, 5) is 14.2. The standard InChI is InChI=1S/C9H14N2O5/c1-14-4-2-3-7-10-8(16-11-7)5-15-6-9(12)13/h2-6H2,1H3,(H,12,13). The van der Waals surface area contributed by atoms with Crippen LogP contribution in [0.4, 0.5) is 0 Å². The van der Waals surface area contributed by atoms with Crippen molar-refractivity contribution >= 4 is 5.97 Å². The summed E-state index contributed by atoms with van der Waals surface area (Å²) in [6.45, 7) is 0.282. The first-order valence-electron chi connectivity index (χ1n) is 4.82. The zero-order valence-corrected chi connectivity index (χ0v) is 9.01. The Labute approximate surface area is 92.4 Å². The van der Waals surface area contributed by atoms with Gasteiger partial charge in [0.1, 0.15) is 13.2 Å². The van der Waals surface area contributed by atoms with Gasteiger partial charge < -0.3 is 19.1 Å². The molecule has 0 unspecified atom stereocenters. The molecule has 0 radical (unpaired) electrons. The van der Waals surface area contributed by atoms with Crippen LogP contribution in [0.3, 0.4) is 0 Å². The van der Waals surface area contributed by atoms with Gasteiger partial charge in [-0.3, -0.25) is 0 Å². The molecule has 0 amide bonds. The number of hydrogen-bond acceptors (Lipinski definition) is 6. The summed E-state index contributed by atoms with van der Waals surface area (Å²) in [6.07, 6.45) is 1.47. The molecule has 0 fully saturated rings. The van der Waals surface area contributed by atoms with Crippen molar-refractivity contribution in [3.8, 4) is 0 Å². The third kappa shape index (κ3) is 4.85. The number of nitrogens with zero attached hydrogens (tertiary/aromatic N) is 2. The Morgan fingerprint density at radius 1 is 1.56 bits per heavy atom. The van der Waals surface area contributed by atoms with Gasteiger partial charge in [-0.05, 0) is 6.42 Å². The highest BCUT2D eigenvalue weighted by atomic mass is 16.5. The molecule has 1 N–H and O–H groups in total. The summed E-state index contributed by atoms with van der Waals surface area (Å²) in [7, 11) is 1.63. The predicted octanol–water partition coefficient (Wildman–Crippen LogP) is 0.250. The lowest BCUT2D eigenvalue weighted by Gasteiger charge is -1.94. The van der Waals surface area contributed by atoms with Crippen molar-refractivity contribution in [3.05, 3.63) is 11.7 Å². The summed E-state index contributed by atoms with van der Waals surface area (Å²) in [5, 5.41) is 12.1. The minimum absolute atomic E-state index is 0.0174. The number of aliphatic carboxylic acids is 1. The van der Waals surface area contributed by atoms with E-state index in [1.165, 1.54) is 0 Å². The van der Waals surface area contributed by atoms with E-state index in [2.05, 4.69) is 10.1 Å². The van der Waals surface area contributed by atoms with E-state index >= 15 is 0 Å². The molecule has 1 aromatic rings. The topological polar surface area (TPSA) is 94.7 Å². The van der Waals surface area contributed by atoms with E-state index in [-0.39, 0.29) is 19.1 Å². The van der Waals surface area contributed by atoms with Crippen LogP contribution in [0.2, 0.25) is 0 Å². The van der Waals surface area contributed by atoms with Crippen molar-refractivity contribution in [1.29, 1.82) is 0 Å². The maximum Gasteiger partial charge on any atom is 0.329 e. The van der Waals surface area contributed by atoms with Crippen LogP contribution in [0.15, 0.2) is 4.52 Å². The fourth-order valence-corrected chi connectivity index (χ4v) is 1.05. The molecule has 90 valence electrons. The molecule has 0 aromatic carbocycles. The summed E-state index contributed by atoms with van der Waals surface area (Å²) < 4.78 is 14.5. The summed E-state index contributed by atoms with van der Waals surface area (Å²) in [5.41, 5.74) is 0. The van der Waals surface area contributed by atoms with Gasteiger partial charge in [0.2, 0.25) is 0 Å². The molecular weight excluding hydrogens is 216 g/mol. The van der Waals surface area contributed by atoms with Crippen LogP contribution in [-0.4, -0.2) is 41.5 Å². The number of methoxy groups -OCH3 is 1. The van der Waals surface area contributed by atoms with E-state index in [0.29, 0.717) is 18.9 Å². The van der Waals surface area contributed by atoms with E-state index in [1.54, 1.807) is 7.11 Å². The second kappa shape index (κ2) is 6.91. The Morgan fingerprint density at radius 2 is 2.38 bits per heavy atom. The third-order valence-electron chi connectivity index (χ3n) is 1.71. The molecule has 0 bridgehead atoms. The van der Waals surface area contributed by atoms with Gasteiger partial charge >= 0.3 is 5.97 Å². The first-order chi connectivity index (χ1) is 7.72. The molecule has 7 heteroatoms. The number of aromatic nitrogens is 2. The summed E-state index contributed by atoms with van der Waals surface area (Å²) in [5.74, 6) is -0.167. The minimum Gasteiger partial charge on any atom is -0.480 e. The van der Waals surface area contributed by atoms with Gasteiger partial charge in [0.25, 0.3) is 5.89 Å². The van der Waals surface area contributed by atoms with E-state index in [0.717, 1.165) is 6.42 Å². The van der Waals surface area contributed by atoms with E-state index in [4.69, 9.17) is 19.1 Å². The smallest absolute Gasteiger partial charge is 0.329 e.